The molecule has 28 heavy (non-hydrogen) atoms. The van der Waals surface area contributed by atoms with Gasteiger partial charge in [-0.05, 0) is 38.3 Å². The summed E-state index contributed by atoms with van der Waals surface area (Å²) in [4.78, 5) is 25.6. The van der Waals surface area contributed by atoms with Gasteiger partial charge in [0.2, 0.25) is 0 Å². The van der Waals surface area contributed by atoms with E-state index in [1.54, 1.807) is 32.0 Å². The normalized spacial score (nSPS) is 22.1. The van der Waals surface area contributed by atoms with Gasteiger partial charge in [-0.1, -0.05) is 29.8 Å². The highest BCUT2D eigenvalue weighted by Crippen LogP contribution is 2.41. The Labute approximate surface area is 169 Å². The predicted molar refractivity (Wildman–Crippen MR) is 105 cm³/mol. The van der Waals surface area contributed by atoms with Crippen LogP contribution in [0.1, 0.15) is 38.2 Å². The molecule has 6 nitrogen and oxygen atoms in total. The molecule has 0 amide bonds. The molecular weight excluding hydrogens is 382 g/mol. The van der Waals surface area contributed by atoms with E-state index < -0.39 is 17.9 Å². The number of hydrogen-bond acceptors (Lipinski definition) is 6. The lowest BCUT2D eigenvalue weighted by molar-refractivity contribution is -0.142. The average Bonchev–Trinajstić information content (AvgIpc) is 3.19. The van der Waals surface area contributed by atoms with Crippen LogP contribution in [-0.4, -0.2) is 38.4 Å². The Morgan fingerprint density at radius 1 is 1.18 bits per heavy atom. The van der Waals surface area contributed by atoms with Crippen molar-refractivity contribution in [2.24, 2.45) is 0 Å². The zero-order valence-corrected chi connectivity index (χ0v) is 17.0. The van der Waals surface area contributed by atoms with Crippen molar-refractivity contribution < 1.29 is 23.8 Å². The predicted octanol–water partition coefficient (Wildman–Crippen LogP) is 3.47. The molecule has 0 unspecified atom stereocenters. The van der Waals surface area contributed by atoms with Gasteiger partial charge in [0.25, 0.3) is 0 Å². The van der Waals surface area contributed by atoms with Gasteiger partial charge in [0.05, 0.1) is 30.3 Å². The Hall–Kier alpha value is -2.31. The van der Waals surface area contributed by atoms with E-state index in [1.807, 2.05) is 6.07 Å². The van der Waals surface area contributed by atoms with Crippen molar-refractivity contribution in [2.45, 2.75) is 38.7 Å². The highest BCUT2D eigenvalue weighted by atomic mass is 35.5. The molecule has 0 saturated carbocycles. The van der Waals surface area contributed by atoms with Crippen LogP contribution in [0.4, 0.5) is 0 Å². The van der Waals surface area contributed by atoms with Gasteiger partial charge in [-0.3, -0.25) is 0 Å². The number of benzene rings is 1. The molecule has 0 bridgehead atoms. The number of allylic oxidation sites excluding steroid dienone is 2. The van der Waals surface area contributed by atoms with Crippen LogP contribution in [-0.2, 0) is 23.8 Å². The van der Waals surface area contributed by atoms with Gasteiger partial charge >= 0.3 is 11.9 Å². The molecule has 1 fully saturated rings. The summed E-state index contributed by atoms with van der Waals surface area (Å²) >= 11 is 6.43. The van der Waals surface area contributed by atoms with E-state index in [-0.39, 0.29) is 12.7 Å². The number of carbonyl (C=O) groups excluding carboxylic acids is 2. The number of dihydropyridines is 1. The lowest BCUT2D eigenvalue weighted by atomic mass is 9.80. The number of esters is 2. The first-order valence-corrected chi connectivity index (χ1v) is 9.61. The molecule has 0 aromatic heterocycles. The fourth-order valence-electron chi connectivity index (χ4n) is 3.69. The van der Waals surface area contributed by atoms with Crippen LogP contribution in [0.3, 0.4) is 0 Å². The molecule has 0 aliphatic carbocycles. The number of ether oxygens (including phenoxy) is 3. The largest absolute Gasteiger partial charge is 0.466 e. The number of hydrogen-bond donors (Lipinski definition) is 1. The van der Waals surface area contributed by atoms with Crippen molar-refractivity contribution >= 4 is 23.5 Å². The van der Waals surface area contributed by atoms with Crippen LogP contribution in [0.2, 0.25) is 5.02 Å². The van der Waals surface area contributed by atoms with Gasteiger partial charge in [-0.25, -0.2) is 9.59 Å². The average molecular weight is 406 g/mol. The number of carbonyl (C=O) groups is 2. The van der Waals surface area contributed by atoms with Gasteiger partial charge in [-0.2, -0.15) is 0 Å². The number of nitrogens with one attached hydrogen (secondary N) is 1. The third-order valence-electron chi connectivity index (χ3n) is 5.03. The van der Waals surface area contributed by atoms with E-state index in [2.05, 4.69) is 5.32 Å². The zero-order chi connectivity index (χ0) is 20.3. The second kappa shape index (κ2) is 8.80. The quantitative estimate of drug-likeness (QED) is 0.756. The Balaban J connectivity index is 1.99. The summed E-state index contributed by atoms with van der Waals surface area (Å²) in [6, 6.07) is 7.15. The first-order chi connectivity index (χ1) is 13.4. The number of methoxy groups -OCH3 is 1. The Kier molecular flexibility index (Phi) is 6.42. The highest BCUT2D eigenvalue weighted by molar-refractivity contribution is 6.31. The first kappa shape index (κ1) is 20.4. The van der Waals surface area contributed by atoms with E-state index in [4.69, 9.17) is 25.8 Å². The minimum absolute atomic E-state index is 0.0856. The molecule has 0 radical (unpaired) electrons. The molecule has 2 aliphatic heterocycles. The van der Waals surface area contributed by atoms with Crippen LogP contribution in [0.25, 0.3) is 0 Å². The summed E-state index contributed by atoms with van der Waals surface area (Å²) in [7, 11) is 1.31. The standard InChI is InChI=1S/C21H24ClNO5/c1-12-17(20(24)26-3)19(15-8-4-5-9-16(15)22)18(13(2)23-12)21(25)28-11-14-7-6-10-27-14/h4-5,8-9,14,19,23H,6-7,10-11H2,1-3H3/t14-,19+/m1/s1. The van der Waals surface area contributed by atoms with Gasteiger partial charge in [-0.15, -0.1) is 0 Å². The maximum Gasteiger partial charge on any atom is 0.336 e. The SMILES string of the molecule is COC(=O)C1=C(C)NC(C)=C(C(=O)OC[C@H]2CCCO2)[C@H]1c1ccccc1Cl. The third kappa shape index (κ3) is 4.08. The maximum atomic E-state index is 13.0. The molecule has 150 valence electrons. The third-order valence-corrected chi connectivity index (χ3v) is 5.37. The molecule has 3 rings (SSSR count). The number of halogens is 1. The number of rotatable bonds is 5. The molecular formula is C21H24ClNO5. The van der Waals surface area contributed by atoms with Crippen LogP contribution < -0.4 is 5.32 Å². The summed E-state index contributed by atoms with van der Waals surface area (Å²) in [5.41, 5.74) is 2.56. The van der Waals surface area contributed by atoms with Crippen LogP contribution in [0.5, 0.6) is 0 Å². The van der Waals surface area contributed by atoms with Crippen molar-refractivity contribution in [1.29, 1.82) is 0 Å². The molecule has 1 saturated heterocycles. The fraction of sp³-hybridized carbons (Fsp3) is 0.429. The summed E-state index contributed by atoms with van der Waals surface area (Å²) in [6.07, 6.45) is 1.74. The van der Waals surface area contributed by atoms with Gasteiger partial charge in [0.1, 0.15) is 6.61 Å². The minimum Gasteiger partial charge on any atom is -0.466 e. The maximum absolute atomic E-state index is 13.0. The van der Waals surface area contributed by atoms with E-state index in [9.17, 15) is 9.59 Å². The molecule has 2 atom stereocenters. The first-order valence-electron chi connectivity index (χ1n) is 9.24. The molecule has 2 heterocycles. The molecule has 2 aliphatic rings. The Morgan fingerprint density at radius 3 is 2.46 bits per heavy atom. The molecule has 0 spiro atoms. The van der Waals surface area contributed by atoms with Crippen molar-refractivity contribution in [3.63, 3.8) is 0 Å². The Bertz CT molecular complexity index is 839. The van der Waals surface area contributed by atoms with Gasteiger partial charge in [0.15, 0.2) is 0 Å². The molecule has 1 aromatic carbocycles. The Morgan fingerprint density at radius 2 is 1.86 bits per heavy atom. The van der Waals surface area contributed by atoms with E-state index in [1.165, 1.54) is 7.11 Å². The topological polar surface area (TPSA) is 73.9 Å². The highest BCUT2D eigenvalue weighted by Gasteiger charge is 2.38. The van der Waals surface area contributed by atoms with Crippen molar-refractivity contribution in [3.8, 4) is 0 Å². The van der Waals surface area contributed by atoms with Crippen LogP contribution in [0, 0.1) is 0 Å². The van der Waals surface area contributed by atoms with E-state index in [0.29, 0.717) is 39.7 Å². The lowest BCUT2D eigenvalue weighted by Gasteiger charge is -2.30. The second-order valence-corrected chi connectivity index (χ2v) is 7.29. The smallest absolute Gasteiger partial charge is 0.336 e. The van der Waals surface area contributed by atoms with Crippen molar-refractivity contribution in [3.05, 3.63) is 57.4 Å². The van der Waals surface area contributed by atoms with E-state index >= 15 is 0 Å². The lowest BCUT2D eigenvalue weighted by Crippen LogP contribution is -2.33. The van der Waals surface area contributed by atoms with Gasteiger partial charge < -0.3 is 19.5 Å². The summed E-state index contributed by atoms with van der Waals surface area (Å²) < 4.78 is 16.1. The van der Waals surface area contributed by atoms with Crippen molar-refractivity contribution in [2.75, 3.05) is 20.3 Å². The van der Waals surface area contributed by atoms with Crippen LogP contribution >= 0.6 is 11.6 Å². The fourth-order valence-corrected chi connectivity index (χ4v) is 3.93. The minimum atomic E-state index is -0.681. The second-order valence-electron chi connectivity index (χ2n) is 6.88. The van der Waals surface area contributed by atoms with Gasteiger partial charge in [0, 0.05) is 23.0 Å². The zero-order valence-electron chi connectivity index (χ0n) is 16.2. The molecule has 1 aromatic rings. The summed E-state index contributed by atoms with van der Waals surface area (Å²) in [6.45, 7) is 4.42. The van der Waals surface area contributed by atoms with Crippen molar-refractivity contribution in [1.82, 2.24) is 5.32 Å². The summed E-state index contributed by atoms with van der Waals surface area (Å²) in [5.74, 6) is -1.70. The van der Waals surface area contributed by atoms with E-state index in [0.717, 1.165) is 12.8 Å². The summed E-state index contributed by atoms with van der Waals surface area (Å²) in [5, 5.41) is 3.57. The van der Waals surface area contributed by atoms with Crippen LogP contribution in [0.15, 0.2) is 46.8 Å². The molecule has 7 heteroatoms. The monoisotopic (exact) mass is 405 g/mol. The molecule has 1 N–H and O–H groups in total.